The molecular formula is C16H29N3O2. The first-order valence-corrected chi connectivity index (χ1v) is 8.13. The normalized spacial score (nSPS) is 27.0. The van der Waals surface area contributed by atoms with E-state index in [9.17, 15) is 4.79 Å². The summed E-state index contributed by atoms with van der Waals surface area (Å²) in [5, 5.41) is 3.56. The Bertz CT molecular complexity index is 401. The molecule has 0 radical (unpaired) electrons. The highest BCUT2D eigenvalue weighted by Crippen LogP contribution is 2.24. The molecule has 2 aliphatic rings. The van der Waals surface area contributed by atoms with Crippen LogP contribution >= 0.6 is 0 Å². The Balaban J connectivity index is 1.88. The average molecular weight is 295 g/mol. The molecule has 1 saturated carbocycles. The van der Waals surface area contributed by atoms with Gasteiger partial charge in [0.05, 0.1) is 13.1 Å². The molecule has 1 heterocycles. The van der Waals surface area contributed by atoms with Gasteiger partial charge in [0.1, 0.15) is 11.4 Å². The molecule has 0 bridgehead atoms. The van der Waals surface area contributed by atoms with Crippen LogP contribution in [0.15, 0.2) is 4.99 Å². The smallest absolute Gasteiger partial charge is 0.410 e. The molecule has 1 amide bonds. The maximum Gasteiger partial charge on any atom is 0.410 e. The molecule has 1 aliphatic carbocycles. The second-order valence-electron chi connectivity index (χ2n) is 7.24. The van der Waals surface area contributed by atoms with Crippen LogP contribution in [-0.2, 0) is 4.74 Å². The van der Waals surface area contributed by atoms with Crippen LogP contribution < -0.4 is 5.32 Å². The Hall–Kier alpha value is -1.26. The number of carbonyl (C=O) groups is 1. The third-order valence-electron chi connectivity index (χ3n) is 4.13. The molecule has 120 valence electrons. The van der Waals surface area contributed by atoms with Crippen molar-refractivity contribution in [2.24, 2.45) is 10.9 Å². The van der Waals surface area contributed by atoms with E-state index in [-0.39, 0.29) is 6.09 Å². The molecule has 5 nitrogen and oxygen atoms in total. The highest BCUT2D eigenvalue weighted by molar-refractivity contribution is 5.88. The number of nitrogens with zero attached hydrogens (tertiary/aromatic N) is 2. The van der Waals surface area contributed by atoms with Gasteiger partial charge in [-0.2, -0.15) is 0 Å². The predicted molar refractivity (Wildman–Crippen MR) is 84.7 cm³/mol. The summed E-state index contributed by atoms with van der Waals surface area (Å²) >= 11 is 0. The van der Waals surface area contributed by atoms with Crippen molar-refractivity contribution in [2.75, 3.05) is 19.6 Å². The van der Waals surface area contributed by atoms with Crippen molar-refractivity contribution in [1.82, 2.24) is 10.2 Å². The minimum Gasteiger partial charge on any atom is -0.444 e. The molecule has 5 heteroatoms. The van der Waals surface area contributed by atoms with Crippen LogP contribution in [0, 0.1) is 5.92 Å². The van der Waals surface area contributed by atoms with Crippen molar-refractivity contribution in [1.29, 1.82) is 0 Å². The number of rotatable bonds is 1. The number of hydrogen-bond acceptors (Lipinski definition) is 4. The largest absolute Gasteiger partial charge is 0.444 e. The van der Waals surface area contributed by atoms with Crippen molar-refractivity contribution >= 4 is 11.9 Å². The van der Waals surface area contributed by atoms with E-state index < -0.39 is 5.60 Å². The first-order chi connectivity index (χ1) is 9.85. The van der Waals surface area contributed by atoms with Crippen LogP contribution in [0.2, 0.25) is 0 Å². The van der Waals surface area contributed by atoms with Crippen molar-refractivity contribution in [3.63, 3.8) is 0 Å². The Labute approximate surface area is 128 Å². The number of amides is 1. The molecule has 1 N–H and O–H groups in total. The third-order valence-corrected chi connectivity index (χ3v) is 4.13. The van der Waals surface area contributed by atoms with Gasteiger partial charge in [-0.25, -0.2) is 4.79 Å². The summed E-state index contributed by atoms with van der Waals surface area (Å²) in [6.45, 7) is 9.82. The number of hydrogen-bond donors (Lipinski definition) is 1. The first-order valence-electron chi connectivity index (χ1n) is 8.13. The fourth-order valence-electron chi connectivity index (χ4n) is 2.93. The number of carbonyl (C=O) groups excluding carboxylic acids is 1. The molecule has 2 unspecified atom stereocenters. The minimum atomic E-state index is -0.447. The maximum absolute atomic E-state index is 12.1. The Morgan fingerprint density at radius 3 is 2.71 bits per heavy atom. The number of aliphatic imine (C=N–C) groups is 1. The van der Waals surface area contributed by atoms with Crippen molar-refractivity contribution in [3.8, 4) is 0 Å². The van der Waals surface area contributed by atoms with Gasteiger partial charge in [-0.05, 0) is 39.5 Å². The topological polar surface area (TPSA) is 53.9 Å². The zero-order valence-corrected chi connectivity index (χ0v) is 13.8. The second-order valence-corrected chi connectivity index (χ2v) is 7.24. The lowest BCUT2D eigenvalue weighted by Gasteiger charge is -2.34. The van der Waals surface area contributed by atoms with Crippen molar-refractivity contribution < 1.29 is 9.53 Å². The first kappa shape index (κ1) is 16.1. The molecule has 21 heavy (non-hydrogen) atoms. The summed E-state index contributed by atoms with van der Waals surface area (Å²) in [5.41, 5.74) is -0.447. The van der Waals surface area contributed by atoms with Crippen molar-refractivity contribution in [3.05, 3.63) is 0 Å². The van der Waals surface area contributed by atoms with E-state index in [4.69, 9.17) is 4.74 Å². The van der Waals surface area contributed by atoms with Crippen molar-refractivity contribution in [2.45, 2.75) is 65.0 Å². The van der Waals surface area contributed by atoms with Gasteiger partial charge in [0.25, 0.3) is 0 Å². The van der Waals surface area contributed by atoms with Crippen LogP contribution in [0.1, 0.15) is 53.4 Å². The molecule has 2 rings (SSSR count). The molecule has 0 aromatic rings. The Morgan fingerprint density at radius 2 is 2.05 bits per heavy atom. The summed E-state index contributed by atoms with van der Waals surface area (Å²) in [7, 11) is 0. The van der Waals surface area contributed by atoms with Gasteiger partial charge >= 0.3 is 6.09 Å². The molecule has 0 aromatic heterocycles. The zero-order chi connectivity index (χ0) is 15.5. The van der Waals surface area contributed by atoms with Gasteiger partial charge in [-0.1, -0.05) is 19.8 Å². The highest BCUT2D eigenvalue weighted by atomic mass is 16.6. The van der Waals surface area contributed by atoms with E-state index in [0.717, 1.165) is 5.84 Å². The minimum absolute atomic E-state index is 0.242. The molecule has 0 saturated heterocycles. The monoisotopic (exact) mass is 295 g/mol. The van der Waals surface area contributed by atoms with E-state index in [0.29, 0.717) is 31.6 Å². The average Bonchev–Trinajstić information content (AvgIpc) is 2.40. The highest BCUT2D eigenvalue weighted by Gasteiger charge is 2.27. The predicted octanol–water partition coefficient (Wildman–Crippen LogP) is 2.80. The fourth-order valence-corrected chi connectivity index (χ4v) is 2.93. The Kier molecular flexibility index (Phi) is 5.12. The molecular weight excluding hydrogens is 266 g/mol. The van der Waals surface area contributed by atoms with E-state index in [1.54, 1.807) is 4.90 Å². The lowest BCUT2D eigenvalue weighted by atomic mass is 9.86. The van der Waals surface area contributed by atoms with E-state index in [1.807, 2.05) is 20.8 Å². The Morgan fingerprint density at radius 1 is 1.33 bits per heavy atom. The van der Waals surface area contributed by atoms with Crippen LogP contribution in [0.4, 0.5) is 4.79 Å². The summed E-state index contributed by atoms with van der Waals surface area (Å²) in [6.07, 6.45) is 4.85. The van der Waals surface area contributed by atoms with Gasteiger partial charge in [0.2, 0.25) is 0 Å². The summed E-state index contributed by atoms with van der Waals surface area (Å²) in [6, 6.07) is 0.496. The molecule has 0 aromatic carbocycles. The van der Waals surface area contributed by atoms with Gasteiger partial charge in [0, 0.05) is 12.6 Å². The third kappa shape index (κ3) is 4.90. The second kappa shape index (κ2) is 6.67. The lowest BCUT2D eigenvalue weighted by Crippen LogP contribution is -2.50. The fraction of sp³-hybridized carbons (Fsp3) is 0.875. The van der Waals surface area contributed by atoms with Crippen LogP contribution in [0.5, 0.6) is 0 Å². The number of ether oxygens (including phenoxy) is 1. The van der Waals surface area contributed by atoms with Gasteiger partial charge in [0.15, 0.2) is 0 Å². The van der Waals surface area contributed by atoms with Crippen LogP contribution in [0.3, 0.4) is 0 Å². The number of nitrogens with one attached hydrogen (secondary N) is 1. The molecule has 1 aliphatic heterocycles. The molecule has 0 spiro atoms. The van der Waals surface area contributed by atoms with Crippen LogP contribution in [-0.4, -0.2) is 48.1 Å². The standard InChI is InChI=1S/C16H29N3O2/c1-12-7-5-6-8-13(12)18-14-11-19(10-9-17-14)15(20)21-16(2,3)4/h12-13H,5-11H2,1-4H3,(H,17,18). The summed E-state index contributed by atoms with van der Waals surface area (Å²) in [5.74, 6) is 1.62. The van der Waals surface area contributed by atoms with E-state index in [1.165, 1.54) is 25.7 Å². The quantitative estimate of drug-likeness (QED) is 0.809. The van der Waals surface area contributed by atoms with Crippen LogP contribution in [0.25, 0.3) is 0 Å². The summed E-state index contributed by atoms with van der Waals surface area (Å²) in [4.78, 5) is 18.4. The maximum atomic E-state index is 12.1. The number of amidine groups is 1. The van der Waals surface area contributed by atoms with E-state index in [2.05, 4.69) is 17.2 Å². The SMILES string of the molecule is CC1CCCCC1NC1=NCCN(C(=O)OC(C)(C)C)C1. The molecule has 1 fully saturated rings. The summed E-state index contributed by atoms with van der Waals surface area (Å²) < 4.78 is 5.44. The molecule has 2 atom stereocenters. The zero-order valence-electron chi connectivity index (χ0n) is 13.8. The van der Waals surface area contributed by atoms with Gasteiger partial charge in [-0.3, -0.25) is 9.89 Å². The van der Waals surface area contributed by atoms with Gasteiger partial charge in [-0.15, -0.1) is 0 Å². The van der Waals surface area contributed by atoms with E-state index >= 15 is 0 Å². The lowest BCUT2D eigenvalue weighted by molar-refractivity contribution is 0.0275. The van der Waals surface area contributed by atoms with Gasteiger partial charge < -0.3 is 10.1 Å².